The van der Waals surface area contributed by atoms with E-state index in [0.29, 0.717) is 0 Å². The van der Waals surface area contributed by atoms with E-state index in [4.69, 9.17) is 12.2 Å². The largest absolute Gasteiger partial charge is 0.366 e. The molecule has 1 aliphatic rings. The number of pyridine rings is 1. The molecular weight excluding hydrogens is 218 g/mol. The van der Waals surface area contributed by atoms with Gasteiger partial charge in [0, 0.05) is 12.7 Å². The van der Waals surface area contributed by atoms with E-state index in [9.17, 15) is 0 Å². The third-order valence-electron chi connectivity index (χ3n) is 3.24. The van der Waals surface area contributed by atoms with Crippen LogP contribution >= 0.6 is 12.2 Å². The van der Waals surface area contributed by atoms with Crippen molar-refractivity contribution in [2.24, 2.45) is 0 Å². The van der Waals surface area contributed by atoms with Crippen molar-refractivity contribution >= 4 is 17.2 Å². The first-order chi connectivity index (χ1) is 7.69. The van der Waals surface area contributed by atoms with Crippen LogP contribution in [0.1, 0.15) is 19.0 Å². The van der Waals surface area contributed by atoms with Crippen LogP contribution in [0.5, 0.6) is 0 Å². The molecule has 0 aliphatic carbocycles. The Labute approximate surface area is 102 Å². The predicted molar refractivity (Wildman–Crippen MR) is 69.4 cm³/mol. The second-order valence-electron chi connectivity index (χ2n) is 4.33. The monoisotopic (exact) mass is 235 g/mol. The maximum atomic E-state index is 5.50. The van der Waals surface area contributed by atoms with Gasteiger partial charge in [0.15, 0.2) is 0 Å². The fourth-order valence-electron chi connectivity index (χ4n) is 2.26. The Balaban J connectivity index is 2.41. The lowest BCUT2D eigenvalue weighted by Gasteiger charge is -2.41. The van der Waals surface area contributed by atoms with Gasteiger partial charge in [-0.15, -0.1) is 0 Å². The molecule has 1 fully saturated rings. The standard InChI is InChI=1S/C12H17N3S/c1-3-12(10-6-4-5-7-13-10)8-15(2)9-14-11(12)16/h4-7H,3,8-9H2,1-2H3,(H,14,16). The van der Waals surface area contributed by atoms with Crippen molar-refractivity contribution in [3.63, 3.8) is 0 Å². The van der Waals surface area contributed by atoms with Gasteiger partial charge in [-0.25, -0.2) is 0 Å². The molecule has 0 radical (unpaired) electrons. The molecule has 1 aromatic rings. The summed E-state index contributed by atoms with van der Waals surface area (Å²) in [6.07, 6.45) is 2.81. The number of hydrogen-bond donors (Lipinski definition) is 1. The van der Waals surface area contributed by atoms with Crippen LogP contribution in [0, 0.1) is 0 Å². The van der Waals surface area contributed by atoms with E-state index in [2.05, 4.69) is 35.2 Å². The molecule has 1 aliphatic heterocycles. The van der Waals surface area contributed by atoms with E-state index < -0.39 is 0 Å². The Morgan fingerprint density at radius 2 is 2.38 bits per heavy atom. The van der Waals surface area contributed by atoms with E-state index >= 15 is 0 Å². The van der Waals surface area contributed by atoms with E-state index in [1.807, 2.05) is 18.3 Å². The number of nitrogens with one attached hydrogen (secondary N) is 1. The van der Waals surface area contributed by atoms with Crippen molar-refractivity contribution in [2.45, 2.75) is 18.8 Å². The predicted octanol–water partition coefficient (Wildman–Crippen LogP) is 1.55. The van der Waals surface area contributed by atoms with Gasteiger partial charge in [-0.1, -0.05) is 25.2 Å². The van der Waals surface area contributed by atoms with Gasteiger partial charge in [0.1, 0.15) is 0 Å². The summed E-state index contributed by atoms with van der Waals surface area (Å²) in [6.45, 7) is 3.93. The first-order valence-corrected chi connectivity index (χ1v) is 5.98. The number of hydrogen-bond acceptors (Lipinski definition) is 3. The van der Waals surface area contributed by atoms with Crippen molar-refractivity contribution < 1.29 is 0 Å². The smallest absolute Gasteiger partial charge is 0.0899 e. The molecule has 86 valence electrons. The van der Waals surface area contributed by atoms with Gasteiger partial charge < -0.3 is 5.32 Å². The lowest BCUT2D eigenvalue weighted by Crippen LogP contribution is -2.58. The Morgan fingerprint density at radius 3 is 3.00 bits per heavy atom. The van der Waals surface area contributed by atoms with Crippen LogP contribution in [-0.2, 0) is 5.41 Å². The number of aromatic nitrogens is 1. The number of thiocarbonyl (C=S) groups is 1. The lowest BCUT2D eigenvalue weighted by atomic mass is 9.79. The van der Waals surface area contributed by atoms with E-state index in [0.717, 1.165) is 30.3 Å². The summed E-state index contributed by atoms with van der Waals surface area (Å²) in [6, 6.07) is 6.03. The van der Waals surface area contributed by atoms with E-state index in [1.54, 1.807) is 0 Å². The summed E-state index contributed by atoms with van der Waals surface area (Å²) in [7, 11) is 2.10. The lowest BCUT2D eigenvalue weighted by molar-refractivity contribution is 0.243. The Kier molecular flexibility index (Phi) is 3.21. The van der Waals surface area contributed by atoms with Crippen LogP contribution in [0.3, 0.4) is 0 Å². The summed E-state index contributed by atoms with van der Waals surface area (Å²) in [5, 5.41) is 3.29. The molecule has 1 unspecified atom stereocenters. The number of rotatable bonds is 2. The zero-order valence-electron chi connectivity index (χ0n) is 9.73. The van der Waals surface area contributed by atoms with Gasteiger partial charge >= 0.3 is 0 Å². The highest BCUT2D eigenvalue weighted by molar-refractivity contribution is 7.80. The van der Waals surface area contributed by atoms with Crippen LogP contribution in [0.25, 0.3) is 0 Å². The zero-order valence-corrected chi connectivity index (χ0v) is 10.5. The second-order valence-corrected chi connectivity index (χ2v) is 4.74. The van der Waals surface area contributed by atoms with Gasteiger partial charge in [-0.05, 0) is 25.6 Å². The molecule has 1 saturated heterocycles. The summed E-state index contributed by atoms with van der Waals surface area (Å²) >= 11 is 5.50. The Bertz CT molecular complexity index is 379. The van der Waals surface area contributed by atoms with E-state index in [-0.39, 0.29) is 5.41 Å². The molecule has 0 bridgehead atoms. The van der Waals surface area contributed by atoms with Crippen LogP contribution in [0.15, 0.2) is 24.4 Å². The third kappa shape index (κ3) is 1.83. The van der Waals surface area contributed by atoms with Crippen LogP contribution in [0.2, 0.25) is 0 Å². The first-order valence-electron chi connectivity index (χ1n) is 5.57. The molecule has 0 aromatic carbocycles. The summed E-state index contributed by atoms with van der Waals surface area (Å²) < 4.78 is 0. The highest BCUT2D eigenvalue weighted by atomic mass is 32.1. The fraction of sp³-hybridized carbons (Fsp3) is 0.500. The highest BCUT2D eigenvalue weighted by Gasteiger charge is 2.40. The molecule has 0 spiro atoms. The zero-order chi connectivity index (χ0) is 11.6. The average Bonchev–Trinajstić information content (AvgIpc) is 2.33. The van der Waals surface area contributed by atoms with Crippen LogP contribution in [0.4, 0.5) is 0 Å². The fourth-order valence-corrected chi connectivity index (χ4v) is 2.64. The SMILES string of the molecule is CCC1(c2ccccn2)CN(C)CNC1=S. The normalized spacial score (nSPS) is 26.5. The molecule has 4 heteroatoms. The molecule has 0 saturated carbocycles. The van der Waals surface area contributed by atoms with Gasteiger partial charge in [0.25, 0.3) is 0 Å². The molecule has 16 heavy (non-hydrogen) atoms. The third-order valence-corrected chi connectivity index (χ3v) is 3.78. The van der Waals surface area contributed by atoms with E-state index in [1.165, 1.54) is 0 Å². The highest BCUT2D eigenvalue weighted by Crippen LogP contribution is 2.30. The average molecular weight is 235 g/mol. The first kappa shape index (κ1) is 11.5. The molecule has 1 aromatic heterocycles. The second kappa shape index (κ2) is 4.47. The van der Waals surface area contributed by atoms with Crippen molar-refractivity contribution in [2.75, 3.05) is 20.3 Å². The Hall–Kier alpha value is -1.00. The molecular formula is C12H17N3S. The topological polar surface area (TPSA) is 28.2 Å². The number of likely N-dealkylation sites (N-methyl/N-ethyl adjacent to an activating group) is 1. The summed E-state index contributed by atoms with van der Waals surface area (Å²) in [5.41, 5.74) is 0.949. The quantitative estimate of drug-likeness (QED) is 0.787. The van der Waals surface area contributed by atoms with Gasteiger partial charge in [-0.2, -0.15) is 0 Å². The summed E-state index contributed by atoms with van der Waals surface area (Å²) in [4.78, 5) is 7.64. The minimum absolute atomic E-state index is 0.121. The number of nitrogens with zero attached hydrogens (tertiary/aromatic N) is 2. The van der Waals surface area contributed by atoms with Gasteiger partial charge in [-0.3, -0.25) is 9.88 Å². The maximum Gasteiger partial charge on any atom is 0.0899 e. The molecule has 1 N–H and O–H groups in total. The van der Waals surface area contributed by atoms with Crippen LogP contribution in [-0.4, -0.2) is 35.1 Å². The molecule has 1 atom stereocenters. The molecule has 3 nitrogen and oxygen atoms in total. The van der Waals surface area contributed by atoms with Crippen LogP contribution < -0.4 is 5.32 Å². The van der Waals surface area contributed by atoms with Crippen molar-refractivity contribution in [3.05, 3.63) is 30.1 Å². The minimum atomic E-state index is -0.121. The minimum Gasteiger partial charge on any atom is -0.366 e. The maximum absolute atomic E-state index is 5.50. The van der Waals surface area contributed by atoms with Crippen molar-refractivity contribution in [3.8, 4) is 0 Å². The van der Waals surface area contributed by atoms with Crippen molar-refractivity contribution in [1.82, 2.24) is 15.2 Å². The molecule has 2 rings (SSSR count). The molecule has 2 heterocycles. The van der Waals surface area contributed by atoms with Gasteiger partial charge in [0.05, 0.1) is 22.8 Å². The summed E-state index contributed by atoms with van der Waals surface area (Å²) in [5.74, 6) is 0. The van der Waals surface area contributed by atoms with Gasteiger partial charge in [0.2, 0.25) is 0 Å². The van der Waals surface area contributed by atoms with Crippen molar-refractivity contribution in [1.29, 1.82) is 0 Å². The Morgan fingerprint density at radius 1 is 1.56 bits per heavy atom. The molecule has 0 amide bonds.